The van der Waals surface area contributed by atoms with Crippen molar-refractivity contribution in [1.29, 1.82) is 0 Å². The first kappa shape index (κ1) is 31.9. The SMILES string of the molecule is c1ccc(-c2nc(-c3ccccc3)nc(-c3ccc4c(c3)oc3cccc(-c5ccc6c(c5)sc5cc(-n7c8ccccc8c8ccccc87)ccc56)c34)n2)cc1. The second kappa shape index (κ2) is 12.6. The summed E-state index contributed by atoms with van der Waals surface area (Å²) in [5.74, 6) is 1.86. The highest BCUT2D eigenvalue weighted by Crippen LogP contribution is 2.42. The number of para-hydroxylation sites is 2. The summed E-state index contributed by atoms with van der Waals surface area (Å²) in [5, 5.41) is 7.23. The second-order valence-electron chi connectivity index (χ2n) is 14.4. The Hall–Kier alpha value is -7.41. The lowest BCUT2D eigenvalue weighted by Crippen LogP contribution is -2.00. The predicted molar refractivity (Wildman–Crippen MR) is 236 cm³/mol. The fourth-order valence-corrected chi connectivity index (χ4v) is 9.59. The molecule has 0 radical (unpaired) electrons. The average Bonchev–Trinajstić information content (AvgIpc) is 3.95. The van der Waals surface area contributed by atoms with Crippen molar-refractivity contribution in [2.75, 3.05) is 0 Å². The molecule has 0 unspecified atom stereocenters. The molecule has 0 amide bonds. The van der Waals surface area contributed by atoms with Crippen LogP contribution in [0.2, 0.25) is 0 Å². The van der Waals surface area contributed by atoms with E-state index in [4.69, 9.17) is 19.4 Å². The molecule has 0 aliphatic heterocycles. The highest BCUT2D eigenvalue weighted by atomic mass is 32.1. The minimum absolute atomic E-state index is 0.599. The molecule has 4 aromatic heterocycles. The Morgan fingerprint density at radius 1 is 0.386 bits per heavy atom. The van der Waals surface area contributed by atoms with E-state index in [0.29, 0.717) is 17.5 Å². The standard InChI is InChI=1S/C51H30N4OS/c1-3-12-31(13-4-1)49-52-50(32-14-5-2-6-15-32)54-51(53-49)34-23-26-41-45(28-34)56-44-21-11-18-36(48(41)44)33-22-25-39-40-27-24-35(30-47(40)57-46(39)29-33)55-42-19-9-7-16-37(42)38-17-8-10-20-43(38)55/h1-30H. The maximum Gasteiger partial charge on any atom is 0.164 e. The van der Waals surface area contributed by atoms with E-state index in [1.54, 1.807) is 0 Å². The number of fused-ring (bicyclic) bond motifs is 9. The van der Waals surface area contributed by atoms with Crippen LogP contribution in [-0.2, 0) is 0 Å². The molecular formula is C51H30N4OS. The van der Waals surface area contributed by atoms with Crippen molar-refractivity contribution in [2.45, 2.75) is 0 Å². The molecule has 0 aliphatic rings. The molecule has 0 spiro atoms. The highest BCUT2D eigenvalue weighted by Gasteiger charge is 2.18. The molecule has 12 rings (SSSR count). The highest BCUT2D eigenvalue weighted by molar-refractivity contribution is 7.25. The lowest BCUT2D eigenvalue weighted by molar-refractivity contribution is 0.669. The van der Waals surface area contributed by atoms with Crippen molar-refractivity contribution in [2.24, 2.45) is 0 Å². The summed E-state index contributed by atoms with van der Waals surface area (Å²) >= 11 is 1.85. The number of aromatic nitrogens is 4. The molecular weight excluding hydrogens is 717 g/mol. The molecule has 4 heterocycles. The largest absolute Gasteiger partial charge is 0.456 e. The van der Waals surface area contributed by atoms with Gasteiger partial charge in [0, 0.05) is 64.1 Å². The number of rotatable bonds is 5. The van der Waals surface area contributed by atoms with Gasteiger partial charge in [-0.3, -0.25) is 0 Å². The molecule has 0 bridgehead atoms. The molecule has 8 aromatic carbocycles. The van der Waals surface area contributed by atoms with Gasteiger partial charge in [-0.25, -0.2) is 15.0 Å². The summed E-state index contributed by atoms with van der Waals surface area (Å²) in [6.45, 7) is 0. The van der Waals surface area contributed by atoms with E-state index in [1.807, 2.05) is 72.0 Å². The van der Waals surface area contributed by atoms with E-state index >= 15 is 0 Å². The van der Waals surface area contributed by atoms with E-state index in [2.05, 4.69) is 126 Å². The fourth-order valence-electron chi connectivity index (χ4n) is 8.42. The lowest BCUT2D eigenvalue weighted by atomic mass is 9.98. The van der Waals surface area contributed by atoms with Gasteiger partial charge in [-0.05, 0) is 59.7 Å². The zero-order valence-corrected chi connectivity index (χ0v) is 31.2. The van der Waals surface area contributed by atoms with Crippen molar-refractivity contribution in [1.82, 2.24) is 19.5 Å². The van der Waals surface area contributed by atoms with Gasteiger partial charge in [0.1, 0.15) is 11.2 Å². The molecule has 0 fully saturated rings. The molecule has 57 heavy (non-hydrogen) atoms. The van der Waals surface area contributed by atoms with Gasteiger partial charge in [-0.1, -0.05) is 133 Å². The maximum atomic E-state index is 6.58. The van der Waals surface area contributed by atoms with Crippen LogP contribution in [0.25, 0.3) is 115 Å². The first-order valence-corrected chi connectivity index (χ1v) is 19.8. The van der Waals surface area contributed by atoms with Crippen LogP contribution in [0.4, 0.5) is 0 Å². The third kappa shape index (κ3) is 5.12. The predicted octanol–water partition coefficient (Wildman–Crippen LogP) is 13.9. The van der Waals surface area contributed by atoms with Crippen molar-refractivity contribution in [3.05, 3.63) is 182 Å². The Morgan fingerprint density at radius 2 is 0.947 bits per heavy atom. The quantitative estimate of drug-likeness (QED) is 0.176. The maximum absolute atomic E-state index is 6.58. The van der Waals surface area contributed by atoms with Gasteiger partial charge in [0.15, 0.2) is 17.5 Å². The van der Waals surface area contributed by atoms with Crippen molar-refractivity contribution < 1.29 is 4.42 Å². The van der Waals surface area contributed by atoms with E-state index < -0.39 is 0 Å². The summed E-state index contributed by atoms with van der Waals surface area (Å²) in [5.41, 5.74) is 10.3. The molecule has 0 aliphatic carbocycles. The average molecular weight is 747 g/mol. The Balaban J connectivity index is 0.959. The number of hydrogen-bond donors (Lipinski definition) is 0. The summed E-state index contributed by atoms with van der Waals surface area (Å²) in [6, 6.07) is 63.8. The van der Waals surface area contributed by atoms with Gasteiger partial charge < -0.3 is 8.98 Å². The molecule has 0 N–H and O–H groups in total. The number of benzene rings is 8. The van der Waals surface area contributed by atoms with Crippen molar-refractivity contribution in [3.63, 3.8) is 0 Å². The van der Waals surface area contributed by atoms with Crippen LogP contribution in [0, 0.1) is 0 Å². The molecule has 266 valence electrons. The van der Waals surface area contributed by atoms with E-state index in [0.717, 1.165) is 49.8 Å². The number of thiophene rings is 1. The van der Waals surface area contributed by atoms with Crippen LogP contribution in [0.5, 0.6) is 0 Å². The van der Waals surface area contributed by atoms with E-state index in [9.17, 15) is 0 Å². The zero-order chi connectivity index (χ0) is 37.5. The van der Waals surface area contributed by atoms with Crippen LogP contribution in [-0.4, -0.2) is 19.5 Å². The summed E-state index contributed by atoms with van der Waals surface area (Å²) in [7, 11) is 0. The summed E-state index contributed by atoms with van der Waals surface area (Å²) < 4.78 is 11.5. The Labute approximate surface area is 330 Å². The second-order valence-corrected chi connectivity index (χ2v) is 15.5. The van der Waals surface area contributed by atoms with Gasteiger partial charge in [-0.2, -0.15) is 0 Å². The lowest BCUT2D eigenvalue weighted by Gasteiger charge is -2.08. The zero-order valence-electron chi connectivity index (χ0n) is 30.4. The van der Waals surface area contributed by atoms with Crippen molar-refractivity contribution in [3.8, 4) is 51.0 Å². The van der Waals surface area contributed by atoms with Gasteiger partial charge in [0.25, 0.3) is 0 Å². The summed E-state index contributed by atoms with van der Waals surface area (Å²) in [6.07, 6.45) is 0. The minimum Gasteiger partial charge on any atom is -0.456 e. The van der Waals surface area contributed by atoms with Crippen LogP contribution in [0.3, 0.4) is 0 Å². The third-order valence-electron chi connectivity index (χ3n) is 11.1. The minimum atomic E-state index is 0.599. The monoisotopic (exact) mass is 746 g/mol. The molecule has 6 heteroatoms. The number of nitrogens with zero attached hydrogens (tertiary/aromatic N) is 4. The van der Waals surface area contributed by atoms with Gasteiger partial charge in [-0.15, -0.1) is 11.3 Å². The first-order chi connectivity index (χ1) is 28.2. The topological polar surface area (TPSA) is 56.7 Å². The van der Waals surface area contributed by atoms with E-state index in [-0.39, 0.29) is 0 Å². The van der Waals surface area contributed by atoms with Gasteiger partial charge in [0.05, 0.1) is 11.0 Å². The number of hydrogen-bond acceptors (Lipinski definition) is 5. The van der Waals surface area contributed by atoms with Crippen LogP contribution in [0.15, 0.2) is 186 Å². The van der Waals surface area contributed by atoms with Crippen LogP contribution >= 0.6 is 11.3 Å². The Morgan fingerprint density at radius 3 is 1.63 bits per heavy atom. The smallest absolute Gasteiger partial charge is 0.164 e. The molecule has 5 nitrogen and oxygen atoms in total. The first-order valence-electron chi connectivity index (χ1n) is 19.0. The third-order valence-corrected chi connectivity index (χ3v) is 12.2. The molecule has 0 atom stereocenters. The fraction of sp³-hybridized carbons (Fsp3) is 0. The Kier molecular flexibility index (Phi) is 7.03. The molecule has 0 saturated heterocycles. The normalized spacial score (nSPS) is 11.9. The van der Waals surface area contributed by atoms with Crippen LogP contribution in [0.1, 0.15) is 0 Å². The number of furan rings is 1. The van der Waals surface area contributed by atoms with E-state index in [1.165, 1.54) is 47.7 Å². The van der Waals surface area contributed by atoms with Crippen LogP contribution < -0.4 is 0 Å². The van der Waals surface area contributed by atoms with Crippen molar-refractivity contribution >= 4 is 75.3 Å². The molecule has 0 saturated carbocycles. The van der Waals surface area contributed by atoms with Gasteiger partial charge in [0.2, 0.25) is 0 Å². The Bertz CT molecular complexity index is 3420. The summed E-state index contributed by atoms with van der Waals surface area (Å²) in [4.78, 5) is 14.8. The van der Waals surface area contributed by atoms with Gasteiger partial charge >= 0.3 is 0 Å². The molecule has 12 aromatic rings.